The van der Waals surface area contributed by atoms with Crippen LogP contribution >= 0.6 is 27.5 Å². The average molecular weight is 321 g/mol. The van der Waals surface area contributed by atoms with Gasteiger partial charge in [0.15, 0.2) is 11.6 Å². The summed E-state index contributed by atoms with van der Waals surface area (Å²) in [5.74, 6) is -2.50. The molecule has 0 saturated carbocycles. The molecule has 1 aromatic rings. The van der Waals surface area contributed by atoms with Crippen LogP contribution in [0, 0.1) is 11.6 Å². The number of sulfonamides is 1. The van der Waals surface area contributed by atoms with Crippen molar-refractivity contribution in [3.63, 3.8) is 0 Å². The fourth-order valence-corrected chi connectivity index (χ4v) is 1.91. The first-order chi connectivity index (χ1) is 6.85. The zero-order valence-corrected chi connectivity index (χ0v) is 10.3. The second kappa shape index (κ2) is 4.63. The van der Waals surface area contributed by atoms with Crippen molar-refractivity contribution >= 4 is 43.2 Å². The molecule has 8 heteroatoms. The molecule has 1 N–H and O–H groups in total. The maximum Gasteiger partial charge on any atom is 0.242 e. The average Bonchev–Trinajstić information content (AvgIpc) is 2.13. The van der Waals surface area contributed by atoms with Crippen molar-refractivity contribution in [3.8, 4) is 0 Å². The lowest BCUT2D eigenvalue weighted by Gasteiger charge is -2.07. The largest absolute Gasteiger partial charge is 0.280 e. The summed E-state index contributed by atoms with van der Waals surface area (Å²) in [6.45, 7) is 0. The molecule has 0 spiro atoms. The predicted octanol–water partition coefficient (Wildman–Crippen LogP) is 2.71. The van der Waals surface area contributed by atoms with Crippen molar-refractivity contribution in [1.29, 1.82) is 0 Å². The molecule has 1 aromatic carbocycles. The van der Waals surface area contributed by atoms with Gasteiger partial charge in [0.2, 0.25) is 10.0 Å². The second-order valence-electron chi connectivity index (χ2n) is 2.58. The normalized spacial score (nSPS) is 11.5. The summed E-state index contributed by atoms with van der Waals surface area (Å²) in [6.07, 6.45) is 0. The highest BCUT2D eigenvalue weighted by molar-refractivity contribution is 9.10. The van der Waals surface area contributed by atoms with Gasteiger partial charge in [-0.15, -0.1) is 0 Å². The third kappa shape index (κ3) is 3.29. The van der Waals surface area contributed by atoms with E-state index in [1.54, 1.807) is 0 Å². The topological polar surface area (TPSA) is 46.2 Å². The van der Waals surface area contributed by atoms with Crippen LogP contribution in [0.5, 0.6) is 0 Å². The Labute approximate surface area is 98.6 Å². The van der Waals surface area contributed by atoms with E-state index < -0.39 is 32.0 Å². The number of nitrogens with one attached hydrogen (secondary N) is 1. The molecule has 0 aliphatic carbocycles. The number of hydrogen-bond donors (Lipinski definition) is 1. The van der Waals surface area contributed by atoms with Gasteiger partial charge in [0.25, 0.3) is 0 Å². The minimum absolute atomic E-state index is 0.0961. The molecule has 0 unspecified atom stereocenters. The van der Waals surface area contributed by atoms with Gasteiger partial charge >= 0.3 is 0 Å². The van der Waals surface area contributed by atoms with E-state index in [0.717, 1.165) is 12.1 Å². The smallest absolute Gasteiger partial charge is 0.242 e. The van der Waals surface area contributed by atoms with Crippen LogP contribution in [0.15, 0.2) is 12.1 Å². The predicted molar refractivity (Wildman–Crippen MR) is 57.7 cm³/mol. The Morgan fingerprint density at radius 2 is 2.00 bits per heavy atom. The summed E-state index contributed by atoms with van der Waals surface area (Å²) in [7, 11) is -3.73. The van der Waals surface area contributed by atoms with Crippen LogP contribution in [0.1, 0.15) is 0 Å². The van der Waals surface area contributed by atoms with Gasteiger partial charge in [-0.1, -0.05) is 27.5 Å². The summed E-state index contributed by atoms with van der Waals surface area (Å²) in [5.41, 5.74) is -0.514. The molecule has 0 aliphatic heterocycles. The Bertz CT molecular complexity index is 480. The molecular weight excluding hydrogens is 316 g/mol. The van der Waals surface area contributed by atoms with Crippen LogP contribution in [0.2, 0.25) is 5.02 Å². The quantitative estimate of drug-likeness (QED) is 0.687. The van der Waals surface area contributed by atoms with E-state index in [1.807, 2.05) is 4.72 Å². The molecule has 0 aliphatic rings. The Kier molecular flexibility index (Phi) is 3.91. The molecule has 84 valence electrons. The van der Waals surface area contributed by atoms with E-state index in [9.17, 15) is 17.2 Å². The summed E-state index contributed by atoms with van der Waals surface area (Å²) in [4.78, 5) is 0. The molecule has 0 atom stereocenters. The van der Waals surface area contributed by atoms with Gasteiger partial charge in [-0.05, 0) is 12.1 Å². The van der Waals surface area contributed by atoms with Crippen molar-refractivity contribution < 1.29 is 17.2 Å². The molecule has 0 amide bonds. The van der Waals surface area contributed by atoms with Gasteiger partial charge in [-0.3, -0.25) is 4.72 Å². The Morgan fingerprint density at radius 3 is 2.53 bits per heavy atom. The fraction of sp³-hybridized carbons (Fsp3) is 0.143. The van der Waals surface area contributed by atoms with Gasteiger partial charge in [-0.25, -0.2) is 17.2 Å². The third-order valence-electron chi connectivity index (χ3n) is 1.40. The first-order valence-corrected chi connectivity index (χ1v) is 6.72. The maximum atomic E-state index is 13.1. The highest BCUT2D eigenvalue weighted by atomic mass is 79.9. The molecular formula is C7H5BrClF2NO2S. The van der Waals surface area contributed by atoms with Crippen LogP contribution in [0.4, 0.5) is 14.5 Å². The molecule has 0 aromatic heterocycles. The number of benzene rings is 1. The van der Waals surface area contributed by atoms with Gasteiger partial charge in [-0.2, -0.15) is 0 Å². The summed E-state index contributed by atoms with van der Waals surface area (Å²) >= 11 is 8.13. The van der Waals surface area contributed by atoms with Gasteiger partial charge in [0.05, 0.1) is 5.69 Å². The van der Waals surface area contributed by atoms with Crippen molar-refractivity contribution in [1.82, 2.24) is 0 Å². The van der Waals surface area contributed by atoms with E-state index in [2.05, 4.69) is 15.9 Å². The molecule has 0 bridgehead atoms. The number of anilines is 1. The van der Waals surface area contributed by atoms with Gasteiger partial charge < -0.3 is 0 Å². The summed E-state index contributed by atoms with van der Waals surface area (Å²) in [5, 5.41) is -0.0961. The van der Waals surface area contributed by atoms with Crippen molar-refractivity contribution in [2.75, 3.05) is 9.38 Å². The molecule has 15 heavy (non-hydrogen) atoms. The first kappa shape index (κ1) is 12.7. The second-order valence-corrected chi connectivity index (χ2v) is 6.04. The molecule has 0 saturated heterocycles. The number of alkyl halides is 1. The van der Waals surface area contributed by atoms with Gasteiger partial charge in [0.1, 0.15) is 4.66 Å². The molecule has 1 rings (SSSR count). The minimum Gasteiger partial charge on any atom is -0.280 e. The van der Waals surface area contributed by atoms with E-state index >= 15 is 0 Å². The van der Waals surface area contributed by atoms with Crippen molar-refractivity contribution in [2.24, 2.45) is 0 Å². The highest BCUT2D eigenvalue weighted by Gasteiger charge is 2.15. The highest BCUT2D eigenvalue weighted by Crippen LogP contribution is 2.23. The van der Waals surface area contributed by atoms with E-state index in [0.29, 0.717) is 0 Å². The van der Waals surface area contributed by atoms with Crippen LogP contribution in [0.3, 0.4) is 0 Å². The summed E-state index contributed by atoms with van der Waals surface area (Å²) < 4.78 is 49.4. The lowest BCUT2D eigenvalue weighted by atomic mass is 10.3. The monoisotopic (exact) mass is 319 g/mol. The number of halogens is 4. The van der Waals surface area contributed by atoms with Crippen molar-refractivity contribution in [2.45, 2.75) is 0 Å². The lowest BCUT2D eigenvalue weighted by Crippen LogP contribution is -2.14. The molecule has 0 fully saturated rings. The Morgan fingerprint density at radius 1 is 1.40 bits per heavy atom. The van der Waals surface area contributed by atoms with Crippen molar-refractivity contribution in [3.05, 3.63) is 28.8 Å². The number of rotatable bonds is 3. The van der Waals surface area contributed by atoms with Crippen LogP contribution in [-0.2, 0) is 10.0 Å². The van der Waals surface area contributed by atoms with Crippen LogP contribution < -0.4 is 4.72 Å². The van der Waals surface area contributed by atoms with E-state index in [1.165, 1.54) is 0 Å². The van der Waals surface area contributed by atoms with Gasteiger partial charge in [0, 0.05) is 5.02 Å². The van der Waals surface area contributed by atoms with Crippen LogP contribution in [-0.4, -0.2) is 13.1 Å². The first-order valence-electron chi connectivity index (χ1n) is 3.57. The standard InChI is InChI=1S/C7H5BrClF2NO2S/c8-3-15(13,14)12-6-2-4(9)1-5(10)7(6)11/h1-2,12H,3H2. The third-order valence-corrected chi connectivity index (χ3v) is 4.25. The fourth-order valence-electron chi connectivity index (χ4n) is 0.825. The SMILES string of the molecule is O=S(=O)(CBr)Nc1cc(Cl)cc(F)c1F. The Balaban J connectivity index is 3.16. The van der Waals surface area contributed by atoms with E-state index in [4.69, 9.17) is 11.6 Å². The number of hydrogen-bond acceptors (Lipinski definition) is 2. The zero-order chi connectivity index (χ0) is 11.6. The van der Waals surface area contributed by atoms with E-state index in [-0.39, 0.29) is 5.02 Å². The molecule has 0 radical (unpaired) electrons. The zero-order valence-electron chi connectivity index (χ0n) is 7.10. The molecule has 0 heterocycles. The lowest BCUT2D eigenvalue weighted by molar-refractivity contribution is 0.511. The molecule has 3 nitrogen and oxygen atoms in total. The summed E-state index contributed by atoms with van der Waals surface area (Å²) in [6, 6.07) is 1.74. The minimum atomic E-state index is -3.73. The maximum absolute atomic E-state index is 13.1. The van der Waals surface area contributed by atoms with Crippen LogP contribution in [0.25, 0.3) is 0 Å². The Hall–Kier alpha value is -0.400.